The minimum atomic E-state index is -1.89. The van der Waals surface area contributed by atoms with Crippen molar-refractivity contribution < 1.29 is 150 Å². The number of aliphatic hydroxyl groups excluding tert-OH is 16. The van der Waals surface area contributed by atoms with Crippen LogP contribution in [0.15, 0.2) is 0 Å². The molecule has 2 bridgehead atoms. The maximum Gasteiger partial charge on any atom is 1.00 e. The van der Waals surface area contributed by atoms with E-state index in [0.717, 1.165) is 0 Å². The molecule has 16 N–H and O–H groups in total. The molecular formula is C45H76O30. The Morgan fingerprint density at radius 2 is 0.853 bits per heavy atom. The SMILES string of the molecule is CC1OC(CO)C(O)C(O)C1COCC1OC(CO)C(COCC2OC(C(=O)[O-])C(COCC3OC4COC5OC(COCC6OC(CO)C(O)C(O)C6O)C(O)C(O)[C@H]5OC[C@H](C3O)C4O)C(O)C2O)C(O)C1O.[H+]. The quantitative estimate of drug-likeness (QED) is 0.0538. The molecule has 7 saturated heterocycles. The van der Waals surface area contributed by atoms with Crippen LogP contribution in [0.25, 0.3) is 0 Å². The van der Waals surface area contributed by atoms with E-state index in [1.165, 1.54) is 0 Å². The fourth-order valence-electron chi connectivity index (χ4n) is 10.7. The average molecular weight is 1100 g/mol. The summed E-state index contributed by atoms with van der Waals surface area (Å²) in [5.74, 6) is -6.15. The van der Waals surface area contributed by atoms with Gasteiger partial charge in [-0.05, 0) is 6.92 Å². The summed E-state index contributed by atoms with van der Waals surface area (Å²) in [5.41, 5.74) is 0. The number of carbonyl (C=O) groups excluding carboxylic acids is 1. The molecule has 0 aromatic heterocycles. The standard InChI is InChI=1S/C45H76O30/c1-15-16(31(51)34(54)21(3-47)70-15)5-64-10-24-36(56)32(52)17(20(2-46)71-24)6-65-12-26-37(57)33(53)19(42(74-26)44(62)63)7-66-9-23-29(49)18-8-68-43-41(61)39(59)27(75-45(43)69-14-28(73-23)30(18)50)13-67-11-25-38(58)40(60)35(55)22(4-48)72-25/h15-43,45-61H,2-14H2,1H3,(H,62,63)/t15?,16?,17?,18-,19?,20?,21?,22?,23?,24?,25?,26?,27?,28?,29?,30?,31?,32?,33?,34?,35?,36?,37?,38?,39?,40?,41?,42?,43-,45?/m1/s1. The third kappa shape index (κ3) is 13.6. The first-order chi connectivity index (χ1) is 35.7. The van der Waals surface area contributed by atoms with E-state index in [-0.39, 0.29) is 14.6 Å². The minimum absolute atomic E-state index is 0. The molecule has 75 heavy (non-hydrogen) atoms. The van der Waals surface area contributed by atoms with E-state index in [1.54, 1.807) is 6.92 Å². The Bertz CT molecular complexity index is 1750. The minimum Gasteiger partial charge on any atom is -0.547 e. The topological polar surface area (TPSA) is 475 Å². The van der Waals surface area contributed by atoms with Crippen LogP contribution >= 0.6 is 0 Å². The van der Waals surface area contributed by atoms with E-state index in [0.29, 0.717) is 0 Å². The highest BCUT2D eigenvalue weighted by Gasteiger charge is 2.53. The van der Waals surface area contributed by atoms with E-state index in [2.05, 4.69) is 0 Å². The molecule has 7 fully saturated rings. The molecule has 0 radical (unpaired) electrons. The highest BCUT2D eigenvalue weighted by molar-refractivity contribution is 5.70. The van der Waals surface area contributed by atoms with Crippen molar-refractivity contribution in [3.8, 4) is 0 Å². The third-order valence-corrected chi connectivity index (χ3v) is 15.5. The summed E-state index contributed by atoms with van der Waals surface area (Å²) in [6, 6.07) is 0. The van der Waals surface area contributed by atoms with Gasteiger partial charge in [0.25, 0.3) is 0 Å². The van der Waals surface area contributed by atoms with Gasteiger partial charge in [-0.3, -0.25) is 0 Å². The predicted molar refractivity (Wildman–Crippen MR) is 236 cm³/mol. The van der Waals surface area contributed by atoms with E-state index in [4.69, 9.17) is 56.8 Å². The molecule has 30 atom stereocenters. The molecule has 7 rings (SSSR count). The summed E-state index contributed by atoms with van der Waals surface area (Å²) in [5, 5.41) is 181. The molecule has 0 aliphatic carbocycles. The summed E-state index contributed by atoms with van der Waals surface area (Å²) >= 11 is 0. The Hall–Kier alpha value is -1.65. The number of carboxylic acid groups (broad SMARTS) is 1. The van der Waals surface area contributed by atoms with Crippen LogP contribution in [0.3, 0.4) is 0 Å². The lowest BCUT2D eigenvalue weighted by Gasteiger charge is -2.45. The second-order valence-corrected chi connectivity index (χ2v) is 20.3. The van der Waals surface area contributed by atoms with E-state index < -0.39 is 261 Å². The molecule has 30 nitrogen and oxygen atoms in total. The zero-order valence-corrected chi connectivity index (χ0v) is 40.9. The van der Waals surface area contributed by atoms with Gasteiger partial charge in [0.15, 0.2) is 6.29 Å². The zero-order chi connectivity index (χ0) is 54.6. The van der Waals surface area contributed by atoms with Gasteiger partial charge in [0.05, 0.1) is 135 Å². The van der Waals surface area contributed by atoms with Crippen molar-refractivity contribution in [2.24, 2.45) is 23.7 Å². The highest BCUT2D eigenvalue weighted by Crippen LogP contribution is 2.35. The molecule has 0 spiro atoms. The summed E-state index contributed by atoms with van der Waals surface area (Å²) < 4.78 is 68.6. The number of ether oxygens (including phenoxy) is 12. The Balaban J connectivity index is 0.00000937. The summed E-state index contributed by atoms with van der Waals surface area (Å²) in [6.07, 6.45) is -36.6. The van der Waals surface area contributed by atoms with Gasteiger partial charge in [-0.15, -0.1) is 0 Å². The van der Waals surface area contributed by atoms with Crippen molar-refractivity contribution in [1.29, 1.82) is 0 Å². The summed E-state index contributed by atoms with van der Waals surface area (Å²) in [6.45, 7) is -4.39. The molecule has 28 unspecified atom stereocenters. The van der Waals surface area contributed by atoms with Crippen LogP contribution in [0, 0.1) is 23.7 Å². The lowest BCUT2D eigenvalue weighted by atomic mass is 9.86. The van der Waals surface area contributed by atoms with Crippen LogP contribution in [-0.2, 0) is 61.6 Å². The van der Waals surface area contributed by atoms with E-state index in [9.17, 15) is 91.6 Å². The highest BCUT2D eigenvalue weighted by atomic mass is 16.7. The van der Waals surface area contributed by atoms with Gasteiger partial charge in [-0.25, -0.2) is 0 Å². The van der Waals surface area contributed by atoms with Crippen molar-refractivity contribution in [2.45, 2.75) is 166 Å². The number of rotatable bonds is 20. The molecule has 7 heterocycles. The Morgan fingerprint density at radius 3 is 1.44 bits per heavy atom. The Morgan fingerprint density at radius 1 is 0.427 bits per heavy atom. The van der Waals surface area contributed by atoms with Crippen LogP contribution in [0.1, 0.15) is 8.35 Å². The Kier molecular flexibility index (Phi) is 22.1. The lowest BCUT2D eigenvalue weighted by molar-refractivity contribution is -0.332. The van der Waals surface area contributed by atoms with Crippen LogP contribution in [0.4, 0.5) is 0 Å². The number of aliphatic carboxylic acids is 1. The molecule has 30 heteroatoms. The molecule has 0 amide bonds. The van der Waals surface area contributed by atoms with Crippen molar-refractivity contribution in [1.82, 2.24) is 0 Å². The average Bonchev–Trinajstić information content (AvgIpc) is 3.43. The third-order valence-electron chi connectivity index (χ3n) is 15.5. The van der Waals surface area contributed by atoms with Crippen LogP contribution in [0.2, 0.25) is 0 Å². The van der Waals surface area contributed by atoms with Crippen molar-refractivity contribution in [3.05, 3.63) is 0 Å². The summed E-state index contributed by atoms with van der Waals surface area (Å²) in [4.78, 5) is 12.4. The molecular weight excluding hydrogens is 1020 g/mol. The van der Waals surface area contributed by atoms with Crippen molar-refractivity contribution >= 4 is 5.97 Å². The number of hydrogen-bond acceptors (Lipinski definition) is 30. The molecule has 7 aliphatic rings. The lowest BCUT2D eigenvalue weighted by Crippen LogP contribution is -2.62. The van der Waals surface area contributed by atoms with Gasteiger partial charge in [0, 0.05) is 23.7 Å². The number of hydrogen-bond donors (Lipinski definition) is 16. The molecule has 0 aromatic rings. The maximum atomic E-state index is 12.4. The Labute approximate surface area is 430 Å². The molecule has 436 valence electrons. The summed E-state index contributed by atoms with van der Waals surface area (Å²) in [7, 11) is 0. The first kappa shape index (κ1) is 61.0. The number of carbonyl (C=O) groups is 1. The zero-order valence-electron chi connectivity index (χ0n) is 41.9. The molecule has 0 aromatic carbocycles. The van der Waals surface area contributed by atoms with Crippen LogP contribution < -0.4 is 5.11 Å². The predicted octanol–water partition coefficient (Wildman–Crippen LogP) is -12.0. The normalized spacial score (nSPS) is 49.8. The molecule has 7 aliphatic heterocycles. The second-order valence-electron chi connectivity index (χ2n) is 20.3. The monoisotopic (exact) mass is 1100 g/mol. The van der Waals surface area contributed by atoms with E-state index >= 15 is 0 Å². The van der Waals surface area contributed by atoms with Gasteiger partial charge < -0.3 is 148 Å². The largest absolute Gasteiger partial charge is 1.00 e. The van der Waals surface area contributed by atoms with Crippen LogP contribution in [-0.4, -0.2) is 332 Å². The fraction of sp³-hybridized carbons (Fsp3) is 0.978. The first-order valence-electron chi connectivity index (χ1n) is 25.1. The molecule has 0 saturated carbocycles. The van der Waals surface area contributed by atoms with Crippen LogP contribution in [0.5, 0.6) is 0 Å². The second kappa shape index (κ2) is 27.2. The van der Waals surface area contributed by atoms with Gasteiger partial charge in [-0.2, -0.15) is 0 Å². The maximum absolute atomic E-state index is 12.4. The number of aliphatic hydroxyl groups is 16. The van der Waals surface area contributed by atoms with Crippen molar-refractivity contribution in [2.75, 3.05) is 85.9 Å². The van der Waals surface area contributed by atoms with Gasteiger partial charge in [0.1, 0.15) is 110 Å². The number of carboxylic acids is 1. The van der Waals surface area contributed by atoms with E-state index in [1.807, 2.05) is 0 Å². The van der Waals surface area contributed by atoms with Gasteiger partial charge in [-0.1, -0.05) is 0 Å². The number of fused-ring (bicyclic) bond motifs is 3. The van der Waals surface area contributed by atoms with Gasteiger partial charge >= 0.3 is 1.43 Å². The first-order valence-corrected chi connectivity index (χ1v) is 25.1. The van der Waals surface area contributed by atoms with Crippen molar-refractivity contribution in [3.63, 3.8) is 0 Å². The fourth-order valence-corrected chi connectivity index (χ4v) is 10.7. The smallest absolute Gasteiger partial charge is 0.547 e. The van der Waals surface area contributed by atoms with Gasteiger partial charge in [0.2, 0.25) is 0 Å².